The summed E-state index contributed by atoms with van der Waals surface area (Å²) in [6, 6.07) is 0. The topological polar surface area (TPSA) is 26.3 Å². The maximum Gasteiger partial charge on any atom is 0.302 e. The Bertz CT molecular complexity index is 663. The summed E-state index contributed by atoms with van der Waals surface area (Å²) < 4.78 is 5.56. The van der Waals surface area contributed by atoms with Gasteiger partial charge in [0, 0.05) is 17.4 Å². The summed E-state index contributed by atoms with van der Waals surface area (Å²) in [5.41, 5.74) is 3.40. The maximum atomic E-state index is 11.4. The van der Waals surface area contributed by atoms with E-state index >= 15 is 0 Å². The third-order valence-electron chi connectivity index (χ3n) is 8.17. The number of allylic oxidation sites excluding steroid dienone is 4. The molecule has 0 aliphatic heterocycles. The van der Waals surface area contributed by atoms with Gasteiger partial charge in [-0.05, 0) is 80.6 Å². The Hall–Kier alpha value is -0.760. The van der Waals surface area contributed by atoms with E-state index in [1.807, 2.05) is 0 Å². The van der Waals surface area contributed by atoms with Crippen molar-refractivity contribution in [2.45, 2.75) is 78.7 Å². The number of fused-ring (bicyclic) bond motifs is 5. The fraction of sp³-hybridized carbons (Fsp3) is 0.773. The highest BCUT2D eigenvalue weighted by Crippen LogP contribution is 2.66. The molecule has 0 aromatic heterocycles. The van der Waals surface area contributed by atoms with Gasteiger partial charge in [-0.1, -0.05) is 37.1 Å². The first-order valence-electron chi connectivity index (χ1n) is 10.0. The van der Waals surface area contributed by atoms with Crippen molar-refractivity contribution in [2.24, 2.45) is 28.6 Å². The number of carbonyl (C=O) groups excluding carboxylic acids is 1. The molecule has 3 heteroatoms. The molecule has 3 saturated carbocycles. The zero-order chi connectivity index (χ0) is 18.0. The molecular weight excluding hydrogens is 332 g/mol. The number of hydrogen-bond acceptors (Lipinski definition) is 2. The minimum atomic E-state index is -0.122. The Morgan fingerprint density at radius 3 is 2.68 bits per heavy atom. The minimum Gasteiger partial charge on any atom is -0.463 e. The van der Waals surface area contributed by atoms with Gasteiger partial charge in [0.25, 0.3) is 0 Å². The summed E-state index contributed by atoms with van der Waals surface area (Å²) in [5, 5.41) is 1.09. The van der Waals surface area contributed by atoms with Gasteiger partial charge in [0.1, 0.15) is 6.10 Å². The van der Waals surface area contributed by atoms with E-state index in [2.05, 4.69) is 26.8 Å². The number of esters is 1. The molecule has 0 aromatic carbocycles. The summed E-state index contributed by atoms with van der Waals surface area (Å²) >= 11 is 6.73. The zero-order valence-corrected chi connectivity index (χ0v) is 16.8. The van der Waals surface area contributed by atoms with Crippen molar-refractivity contribution in [2.75, 3.05) is 0 Å². The molecule has 0 bridgehead atoms. The molecule has 0 N–H and O–H groups in total. The van der Waals surface area contributed by atoms with E-state index in [1.54, 1.807) is 5.57 Å². The van der Waals surface area contributed by atoms with Crippen molar-refractivity contribution in [1.29, 1.82) is 0 Å². The van der Waals surface area contributed by atoms with Gasteiger partial charge in [0.2, 0.25) is 0 Å². The third-order valence-corrected chi connectivity index (χ3v) is 8.89. The molecule has 0 unspecified atom stereocenters. The molecule has 138 valence electrons. The number of hydrogen-bond donors (Lipinski definition) is 0. The van der Waals surface area contributed by atoms with Gasteiger partial charge in [-0.3, -0.25) is 4.79 Å². The van der Waals surface area contributed by atoms with Gasteiger partial charge >= 0.3 is 5.97 Å². The van der Waals surface area contributed by atoms with E-state index in [9.17, 15) is 4.79 Å². The molecule has 3 fully saturated rings. The lowest BCUT2D eigenvalue weighted by atomic mass is 9.46. The average Bonchev–Trinajstić information content (AvgIpc) is 2.78. The average molecular weight is 363 g/mol. The summed E-state index contributed by atoms with van der Waals surface area (Å²) in [7, 11) is 0. The van der Waals surface area contributed by atoms with Crippen LogP contribution in [0.1, 0.15) is 72.6 Å². The number of rotatable bonds is 1. The Labute approximate surface area is 157 Å². The number of ether oxygens (including phenoxy) is 1. The molecule has 4 aliphatic rings. The Morgan fingerprint density at radius 1 is 1.20 bits per heavy atom. The molecule has 0 amide bonds. The second kappa shape index (κ2) is 5.87. The van der Waals surface area contributed by atoms with Crippen molar-refractivity contribution in [1.82, 2.24) is 0 Å². The van der Waals surface area contributed by atoms with Crippen LogP contribution in [0.25, 0.3) is 0 Å². The SMILES string of the molecule is CC(=O)O[C@H]1CC[C@@]2(C)[C@@H](CC[C@H]3C4=CC(C)=C(Cl)[C@@]4(C)CC[C@@H]32)C1. The summed E-state index contributed by atoms with van der Waals surface area (Å²) in [6.07, 6.45) is 10.9. The van der Waals surface area contributed by atoms with Crippen molar-refractivity contribution >= 4 is 17.6 Å². The van der Waals surface area contributed by atoms with E-state index < -0.39 is 0 Å². The first-order chi connectivity index (χ1) is 11.8. The molecule has 25 heavy (non-hydrogen) atoms. The molecule has 0 spiro atoms. The molecule has 6 atom stereocenters. The van der Waals surface area contributed by atoms with Crippen LogP contribution in [0.4, 0.5) is 0 Å². The normalized spacial score (nSPS) is 46.0. The van der Waals surface area contributed by atoms with Gasteiger partial charge < -0.3 is 4.74 Å². The molecule has 4 aliphatic carbocycles. The zero-order valence-electron chi connectivity index (χ0n) is 16.0. The fourth-order valence-corrected chi connectivity index (χ4v) is 7.09. The van der Waals surface area contributed by atoms with Crippen LogP contribution in [0.15, 0.2) is 22.3 Å². The Morgan fingerprint density at radius 2 is 1.96 bits per heavy atom. The highest BCUT2D eigenvalue weighted by atomic mass is 35.5. The third kappa shape index (κ3) is 2.54. The minimum absolute atomic E-state index is 0.102. The summed E-state index contributed by atoms with van der Waals surface area (Å²) in [4.78, 5) is 11.4. The van der Waals surface area contributed by atoms with Crippen LogP contribution in [0, 0.1) is 28.6 Å². The lowest BCUT2D eigenvalue weighted by Gasteiger charge is -2.59. The molecule has 0 aromatic rings. The molecule has 2 nitrogen and oxygen atoms in total. The second-order valence-corrected chi connectivity index (χ2v) is 9.84. The lowest BCUT2D eigenvalue weighted by Crippen LogP contribution is -2.51. The van der Waals surface area contributed by atoms with Crippen molar-refractivity contribution in [3.63, 3.8) is 0 Å². The van der Waals surface area contributed by atoms with Gasteiger partial charge in [0.15, 0.2) is 0 Å². The van der Waals surface area contributed by atoms with Crippen LogP contribution >= 0.6 is 11.6 Å². The quantitative estimate of drug-likeness (QED) is 0.534. The Balaban J connectivity index is 1.58. The van der Waals surface area contributed by atoms with Gasteiger partial charge in [-0.15, -0.1) is 0 Å². The van der Waals surface area contributed by atoms with Gasteiger partial charge in [0.05, 0.1) is 0 Å². The number of carbonyl (C=O) groups is 1. The monoisotopic (exact) mass is 362 g/mol. The van der Waals surface area contributed by atoms with Crippen LogP contribution in [0.5, 0.6) is 0 Å². The smallest absolute Gasteiger partial charge is 0.302 e. The van der Waals surface area contributed by atoms with Crippen LogP contribution in [0.3, 0.4) is 0 Å². The van der Waals surface area contributed by atoms with E-state index in [1.165, 1.54) is 44.6 Å². The molecule has 0 saturated heterocycles. The maximum absolute atomic E-state index is 11.4. The van der Waals surface area contributed by atoms with Crippen molar-refractivity contribution in [3.8, 4) is 0 Å². The lowest BCUT2D eigenvalue weighted by molar-refractivity contribution is -0.154. The molecule has 0 heterocycles. The van der Waals surface area contributed by atoms with E-state index in [0.717, 1.165) is 23.8 Å². The van der Waals surface area contributed by atoms with Crippen LogP contribution in [0.2, 0.25) is 0 Å². The highest BCUT2D eigenvalue weighted by molar-refractivity contribution is 6.31. The van der Waals surface area contributed by atoms with E-state index in [-0.39, 0.29) is 17.5 Å². The second-order valence-electron chi connectivity index (χ2n) is 9.47. The van der Waals surface area contributed by atoms with Crippen molar-refractivity contribution in [3.05, 3.63) is 22.3 Å². The Kier molecular flexibility index (Phi) is 4.15. The molecular formula is C22H31ClO2. The van der Waals surface area contributed by atoms with Crippen LogP contribution < -0.4 is 0 Å². The molecule has 0 radical (unpaired) electrons. The predicted octanol–water partition coefficient (Wildman–Crippen LogP) is 6.00. The largest absolute Gasteiger partial charge is 0.463 e. The predicted molar refractivity (Wildman–Crippen MR) is 101 cm³/mol. The van der Waals surface area contributed by atoms with Crippen molar-refractivity contribution < 1.29 is 9.53 Å². The van der Waals surface area contributed by atoms with Crippen LogP contribution in [-0.2, 0) is 9.53 Å². The summed E-state index contributed by atoms with van der Waals surface area (Å²) in [6.45, 7) is 8.60. The van der Waals surface area contributed by atoms with Gasteiger partial charge in [-0.2, -0.15) is 0 Å². The highest BCUT2D eigenvalue weighted by Gasteiger charge is 2.57. The first-order valence-corrected chi connectivity index (χ1v) is 10.4. The summed E-state index contributed by atoms with van der Waals surface area (Å²) in [5.74, 6) is 2.03. The van der Waals surface area contributed by atoms with Gasteiger partial charge in [-0.25, -0.2) is 0 Å². The van der Waals surface area contributed by atoms with E-state index in [4.69, 9.17) is 16.3 Å². The fourth-order valence-electron chi connectivity index (χ4n) is 6.83. The first kappa shape index (κ1) is 17.6. The number of halogens is 1. The van der Waals surface area contributed by atoms with Crippen LogP contribution in [-0.4, -0.2) is 12.1 Å². The van der Waals surface area contributed by atoms with E-state index in [0.29, 0.717) is 17.3 Å². The molecule has 4 rings (SSSR count). The standard InChI is InChI=1S/C22H31ClO2/c1-13-11-19-17-6-5-15-12-16(25-14(2)24)7-9-21(15,3)18(17)8-10-22(19,4)20(13)23/h11,15-18H,5-10,12H2,1-4H3/t15-,16-,17+,18-,21-,22-/m0/s1.